The predicted octanol–water partition coefficient (Wildman–Crippen LogP) is 2.14. The molecule has 0 saturated heterocycles. The van der Waals surface area contributed by atoms with Crippen molar-refractivity contribution in [1.29, 1.82) is 0 Å². The smallest absolute Gasteiger partial charge is 0.165 e. The molecule has 0 aliphatic heterocycles. The van der Waals surface area contributed by atoms with Crippen molar-refractivity contribution in [2.24, 2.45) is 5.84 Å². The maximum atomic E-state index is 13.5. The maximum Gasteiger partial charge on any atom is 0.165 e. The van der Waals surface area contributed by atoms with Crippen molar-refractivity contribution >= 4 is 0 Å². The lowest BCUT2D eigenvalue weighted by Crippen LogP contribution is -2.28. The Bertz CT molecular complexity index is 423. The summed E-state index contributed by atoms with van der Waals surface area (Å²) in [4.78, 5) is 0. The minimum atomic E-state index is -0.383. The van der Waals surface area contributed by atoms with Crippen LogP contribution in [-0.4, -0.2) is 7.11 Å². The van der Waals surface area contributed by atoms with Crippen LogP contribution in [0.5, 0.6) is 5.75 Å². The van der Waals surface area contributed by atoms with Gasteiger partial charge in [-0.1, -0.05) is 6.07 Å². The quantitative estimate of drug-likeness (QED) is 0.468. The zero-order chi connectivity index (χ0) is 12.7. The van der Waals surface area contributed by atoms with Crippen molar-refractivity contribution < 1.29 is 9.13 Å². The Morgan fingerprint density at radius 3 is 2.82 bits per heavy atom. The molecule has 1 unspecified atom stereocenters. The second-order valence-electron chi connectivity index (χ2n) is 3.58. The number of methoxy groups -OCH3 is 1. The molecule has 92 valence electrons. The summed E-state index contributed by atoms with van der Waals surface area (Å²) in [5.74, 6) is 11.1. The average molecular weight is 236 g/mol. The third-order valence-corrected chi connectivity index (χ3v) is 2.51. The number of hydrazine groups is 1. The normalized spacial score (nSPS) is 11.5. The number of hydrogen-bond donors (Lipinski definition) is 2. The molecule has 0 saturated carbocycles. The summed E-state index contributed by atoms with van der Waals surface area (Å²) in [5.41, 5.74) is 3.46. The first kappa shape index (κ1) is 13.5. The summed E-state index contributed by atoms with van der Waals surface area (Å²) in [7, 11) is 1.44. The highest BCUT2D eigenvalue weighted by molar-refractivity contribution is 5.31. The van der Waals surface area contributed by atoms with Gasteiger partial charge >= 0.3 is 0 Å². The van der Waals surface area contributed by atoms with Crippen molar-refractivity contribution in [2.45, 2.75) is 25.8 Å². The second kappa shape index (κ2) is 6.89. The Hall–Kier alpha value is -1.57. The van der Waals surface area contributed by atoms with E-state index in [2.05, 4.69) is 17.3 Å². The highest BCUT2D eigenvalue weighted by Gasteiger charge is 2.11. The van der Waals surface area contributed by atoms with Gasteiger partial charge in [0.25, 0.3) is 0 Å². The van der Waals surface area contributed by atoms with Gasteiger partial charge in [-0.15, -0.1) is 11.8 Å². The van der Waals surface area contributed by atoms with Crippen molar-refractivity contribution in [1.82, 2.24) is 5.43 Å². The van der Waals surface area contributed by atoms with E-state index in [0.717, 1.165) is 18.4 Å². The van der Waals surface area contributed by atoms with Gasteiger partial charge in [-0.2, -0.15) is 0 Å². The number of halogens is 1. The molecule has 3 N–H and O–H groups in total. The van der Waals surface area contributed by atoms with E-state index in [-0.39, 0.29) is 17.6 Å². The third kappa shape index (κ3) is 3.74. The van der Waals surface area contributed by atoms with E-state index < -0.39 is 0 Å². The average Bonchev–Trinajstić information content (AvgIpc) is 2.35. The van der Waals surface area contributed by atoms with Crippen molar-refractivity contribution in [3.8, 4) is 17.6 Å². The van der Waals surface area contributed by atoms with Gasteiger partial charge in [0, 0.05) is 12.5 Å². The van der Waals surface area contributed by atoms with Gasteiger partial charge in [-0.05, 0) is 31.0 Å². The molecule has 1 atom stereocenters. The summed E-state index contributed by atoms with van der Waals surface area (Å²) in [6, 6.07) is 4.73. The number of ether oxygens (including phenoxy) is 1. The van der Waals surface area contributed by atoms with E-state index >= 15 is 0 Å². The first-order chi connectivity index (χ1) is 8.22. The largest absolute Gasteiger partial charge is 0.494 e. The van der Waals surface area contributed by atoms with Gasteiger partial charge in [-0.25, -0.2) is 4.39 Å². The van der Waals surface area contributed by atoms with E-state index in [1.54, 1.807) is 19.1 Å². The molecule has 0 aromatic heterocycles. The van der Waals surface area contributed by atoms with Gasteiger partial charge in [0.2, 0.25) is 0 Å². The topological polar surface area (TPSA) is 47.3 Å². The van der Waals surface area contributed by atoms with Crippen LogP contribution in [0, 0.1) is 17.7 Å². The number of nitrogens with one attached hydrogen (secondary N) is 1. The van der Waals surface area contributed by atoms with Crippen LogP contribution in [0.15, 0.2) is 18.2 Å². The minimum Gasteiger partial charge on any atom is -0.494 e. The van der Waals surface area contributed by atoms with E-state index in [4.69, 9.17) is 10.6 Å². The van der Waals surface area contributed by atoms with Gasteiger partial charge in [0.1, 0.15) is 0 Å². The first-order valence-electron chi connectivity index (χ1n) is 5.42. The standard InChI is InChI=1S/C13H17FN2O/c1-3-4-5-6-12(16-15)10-7-8-13(17-2)11(14)9-10/h7-9,12,16H,5-6,15H2,1-2H3. The molecule has 0 aliphatic rings. The van der Waals surface area contributed by atoms with Crippen molar-refractivity contribution in [3.63, 3.8) is 0 Å². The summed E-state index contributed by atoms with van der Waals surface area (Å²) >= 11 is 0. The number of hydrogen-bond acceptors (Lipinski definition) is 3. The maximum absolute atomic E-state index is 13.5. The molecular weight excluding hydrogens is 219 g/mol. The highest BCUT2D eigenvalue weighted by atomic mass is 19.1. The van der Waals surface area contributed by atoms with Gasteiger partial charge < -0.3 is 4.74 Å². The predicted molar refractivity (Wildman–Crippen MR) is 65.7 cm³/mol. The first-order valence-corrected chi connectivity index (χ1v) is 5.42. The summed E-state index contributed by atoms with van der Waals surface area (Å²) in [5, 5.41) is 0. The lowest BCUT2D eigenvalue weighted by atomic mass is 10.0. The van der Waals surface area contributed by atoms with Gasteiger partial charge in [-0.3, -0.25) is 11.3 Å². The summed E-state index contributed by atoms with van der Waals surface area (Å²) in [6.45, 7) is 1.79. The van der Waals surface area contributed by atoms with Crippen LogP contribution in [0.1, 0.15) is 31.4 Å². The molecule has 0 heterocycles. The summed E-state index contributed by atoms with van der Waals surface area (Å²) in [6.07, 6.45) is 1.46. The summed E-state index contributed by atoms with van der Waals surface area (Å²) < 4.78 is 18.4. The van der Waals surface area contributed by atoms with Crippen molar-refractivity contribution in [2.75, 3.05) is 7.11 Å². The van der Waals surface area contributed by atoms with E-state index in [1.165, 1.54) is 13.2 Å². The molecule has 1 rings (SSSR count). The molecule has 1 aromatic rings. The zero-order valence-electron chi connectivity index (χ0n) is 10.1. The molecule has 0 aliphatic carbocycles. The number of nitrogens with two attached hydrogens (primary N) is 1. The fourth-order valence-corrected chi connectivity index (χ4v) is 1.59. The van der Waals surface area contributed by atoms with E-state index in [0.29, 0.717) is 0 Å². The monoisotopic (exact) mass is 236 g/mol. The van der Waals surface area contributed by atoms with Crippen LogP contribution in [0.3, 0.4) is 0 Å². The zero-order valence-corrected chi connectivity index (χ0v) is 10.1. The Balaban J connectivity index is 2.80. The Morgan fingerprint density at radius 2 is 2.29 bits per heavy atom. The molecule has 17 heavy (non-hydrogen) atoms. The van der Waals surface area contributed by atoms with E-state index in [9.17, 15) is 4.39 Å². The molecular formula is C13H17FN2O. The molecule has 3 nitrogen and oxygen atoms in total. The Labute approximate surface area is 101 Å². The molecule has 0 fully saturated rings. The van der Waals surface area contributed by atoms with Crippen LogP contribution in [0.4, 0.5) is 4.39 Å². The van der Waals surface area contributed by atoms with Crippen LogP contribution in [-0.2, 0) is 0 Å². The molecule has 0 amide bonds. The Morgan fingerprint density at radius 1 is 1.53 bits per heavy atom. The minimum absolute atomic E-state index is 0.101. The molecule has 0 bridgehead atoms. The fraction of sp³-hybridized carbons (Fsp3) is 0.385. The fourth-order valence-electron chi connectivity index (χ4n) is 1.59. The number of rotatable bonds is 5. The highest BCUT2D eigenvalue weighted by Crippen LogP contribution is 2.23. The lowest BCUT2D eigenvalue weighted by molar-refractivity contribution is 0.385. The van der Waals surface area contributed by atoms with Crippen LogP contribution >= 0.6 is 0 Å². The molecule has 0 radical (unpaired) electrons. The van der Waals surface area contributed by atoms with E-state index in [1.807, 2.05) is 0 Å². The SMILES string of the molecule is CC#CCCC(NN)c1ccc(OC)c(F)c1. The van der Waals surface area contributed by atoms with Crippen LogP contribution in [0.25, 0.3) is 0 Å². The van der Waals surface area contributed by atoms with Gasteiger partial charge in [0.15, 0.2) is 11.6 Å². The second-order valence-corrected chi connectivity index (χ2v) is 3.58. The number of benzene rings is 1. The van der Waals surface area contributed by atoms with Crippen LogP contribution in [0.2, 0.25) is 0 Å². The molecule has 4 heteroatoms. The molecule has 1 aromatic carbocycles. The van der Waals surface area contributed by atoms with Gasteiger partial charge in [0.05, 0.1) is 7.11 Å². The lowest BCUT2D eigenvalue weighted by Gasteiger charge is -2.15. The third-order valence-electron chi connectivity index (χ3n) is 2.51. The Kier molecular flexibility index (Phi) is 5.47. The van der Waals surface area contributed by atoms with Crippen LogP contribution < -0.4 is 16.0 Å². The molecule has 0 spiro atoms. The van der Waals surface area contributed by atoms with Crippen molar-refractivity contribution in [3.05, 3.63) is 29.6 Å².